The third-order valence-electron chi connectivity index (χ3n) is 4.35. The van der Waals surface area contributed by atoms with Crippen molar-refractivity contribution in [2.24, 2.45) is 0 Å². The fourth-order valence-electron chi connectivity index (χ4n) is 3.05. The van der Waals surface area contributed by atoms with Crippen LogP contribution in [0, 0.1) is 0 Å². The highest BCUT2D eigenvalue weighted by Crippen LogP contribution is 2.16. The highest BCUT2D eigenvalue weighted by atomic mass is 16.7. The largest absolute Gasteiger partial charge is 0.464 e. The Labute approximate surface area is 172 Å². The normalized spacial score (nSPS) is 12.0. The Hall–Kier alpha value is -2.64. The number of hydrogen-bond donors (Lipinski definition) is 1. The number of carbonyl (C=O) groups excluding carboxylic acids is 2. The summed E-state index contributed by atoms with van der Waals surface area (Å²) in [4.78, 5) is 30.5. The van der Waals surface area contributed by atoms with E-state index in [-0.39, 0.29) is 19.1 Å². The van der Waals surface area contributed by atoms with Gasteiger partial charge in [-0.25, -0.2) is 4.79 Å². The molecule has 0 fully saturated rings. The third kappa shape index (κ3) is 6.73. The van der Waals surface area contributed by atoms with Gasteiger partial charge in [0.15, 0.2) is 6.29 Å². The second-order valence-electron chi connectivity index (χ2n) is 6.34. The van der Waals surface area contributed by atoms with Gasteiger partial charge in [0.1, 0.15) is 11.7 Å². The van der Waals surface area contributed by atoms with Gasteiger partial charge in [-0.2, -0.15) is 0 Å². The molecular weight excluding hydrogens is 372 g/mol. The lowest BCUT2D eigenvalue weighted by Crippen LogP contribution is -2.51. The van der Waals surface area contributed by atoms with Crippen LogP contribution in [0.4, 0.5) is 0 Å². The zero-order valence-corrected chi connectivity index (χ0v) is 17.3. The van der Waals surface area contributed by atoms with E-state index in [2.05, 4.69) is 4.98 Å². The number of carbonyl (C=O) groups is 2. The van der Waals surface area contributed by atoms with Crippen LogP contribution in [0.2, 0.25) is 0 Å². The minimum atomic E-state index is -0.809. The Balaban J connectivity index is 2.37. The van der Waals surface area contributed by atoms with E-state index in [1.165, 1.54) is 4.90 Å². The number of rotatable bonds is 12. The van der Waals surface area contributed by atoms with E-state index >= 15 is 0 Å². The first-order chi connectivity index (χ1) is 14.1. The molecule has 0 saturated carbocycles. The van der Waals surface area contributed by atoms with Crippen molar-refractivity contribution in [1.29, 1.82) is 0 Å². The number of ether oxygens (including phenoxy) is 3. The Kier molecular flexibility index (Phi) is 9.40. The predicted octanol–water partition coefficient (Wildman–Crippen LogP) is 3.03. The topological polar surface area (TPSA) is 80.9 Å². The number of nitrogens with zero attached hydrogens (tertiary/aromatic N) is 1. The molecule has 2 aromatic rings. The highest BCUT2D eigenvalue weighted by molar-refractivity contribution is 5.95. The lowest BCUT2D eigenvalue weighted by atomic mass is 10.0. The molecule has 7 heteroatoms. The van der Waals surface area contributed by atoms with E-state index in [1.54, 1.807) is 25.3 Å². The number of esters is 1. The van der Waals surface area contributed by atoms with Crippen molar-refractivity contribution in [2.75, 3.05) is 26.4 Å². The summed E-state index contributed by atoms with van der Waals surface area (Å²) in [6, 6.07) is 12.2. The molecule has 0 spiro atoms. The third-order valence-corrected chi connectivity index (χ3v) is 4.35. The molecule has 1 amide bonds. The van der Waals surface area contributed by atoms with Crippen molar-refractivity contribution in [2.45, 2.75) is 39.5 Å². The molecular formula is C22H30N2O5. The molecule has 0 aliphatic rings. The summed E-state index contributed by atoms with van der Waals surface area (Å²) in [7, 11) is 0. The number of H-pyrrole nitrogens is 1. The Morgan fingerprint density at radius 2 is 1.66 bits per heavy atom. The summed E-state index contributed by atoms with van der Waals surface area (Å²) >= 11 is 0. The number of benzene rings is 1. The molecule has 1 aromatic heterocycles. The van der Waals surface area contributed by atoms with Crippen molar-refractivity contribution >= 4 is 11.9 Å². The van der Waals surface area contributed by atoms with Crippen molar-refractivity contribution in [3.8, 4) is 0 Å². The van der Waals surface area contributed by atoms with Gasteiger partial charge in [-0.3, -0.25) is 4.79 Å². The van der Waals surface area contributed by atoms with E-state index in [9.17, 15) is 9.59 Å². The SMILES string of the molecule is CCOC(=O)[C@H](Cc1ccccc1)N(CC(OCC)OCC)C(=O)c1ccc[nH]1. The summed E-state index contributed by atoms with van der Waals surface area (Å²) in [6.45, 7) is 6.66. The zero-order valence-electron chi connectivity index (χ0n) is 17.3. The zero-order chi connectivity index (χ0) is 21.1. The molecule has 7 nitrogen and oxygen atoms in total. The van der Waals surface area contributed by atoms with Crippen molar-refractivity contribution < 1.29 is 23.8 Å². The molecule has 0 aliphatic heterocycles. The lowest BCUT2D eigenvalue weighted by molar-refractivity contribution is -0.159. The number of aromatic nitrogens is 1. The van der Waals surface area contributed by atoms with Gasteiger partial charge in [0.2, 0.25) is 0 Å². The van der Waals surface area contributed by atoms with Gasteiger partial charge < -0.3 is 24.1 Å². The van der Waals surface area contributed by atoms with E-state index < -0.39 is 18.3 Å². The van der Waals surface area contributed by atoms with Crippen LogP contribution in [0.15, 0.2) is 48.7 Å². The van der Waals surface area contributed by atoms with Gasteiger partial charge >= 0.3 is 5.97 Å². The lowest BCUT2D eigenvalue weighted by Gasteiger charge is -2.33. The van der Waals surface area contributed by atoms with Gasteiger partial charge in [0.05, 0.1) is 13.2 Å². The first-order valence-corrected chi connectivity index (χ1v) is 9.98. The Morgan fingerprint density at radius 3 is 2.21 bits per heavy atom. The van der Waals surface area contributed by atoms with E-state index in [0.717, 1.165) is 5.56 Å². The van der Waals surface area contributed by atoms with Gasteiger partial charge in [-0.15, -0.1) is 0 Å². The molecule has 29 heavy (non-hydrogen) atoms. The van der Waals surface area contributed by atoms with Crippen LogP contribution < -0.4 is 0 Å². The maximum atomic E-state index is 13.3. The molecule has 0 saturated heterocycles. The number of hydrogen-bond acceptors (Lipinski definition) is 5. The van der Waals surface area contributed by atoms with Gasteiger partial charge in [-0.1, -0.05) is 30.3 Å². The number of nitrogens with one attached hydrogen (secondary N) is 1. The minimum Gasteiger partial charge on any atom is -0.464 e. The molecule has 1 atom stereocenters. The van der Waals surface area contributed by atoms with Crippen LogP contribution >= 0.6 is 0 Å². The second kappa shape index (κ2) is 12.0. The van der Waals surface area contributed by atoms with E-state index in [4.69, 9.17) is 14.2 Å². The predicted molar refractivity (Wildman–Crippen MR) is 109 cm³/mol. The molecule has 158 valence electrons. The molecule has 0 bridgehead atoms. The molecule has 1 heterocycles. The van der Waals surface area contributed by atoms with Crippen LogP contribution in [-0.4, -0.2) is 60.5 Å². The monoisotopic (exact) mass is 402 g/mol. The minimum absolute atomic E-state index is 0.107. The van der Waals surface area contributed by atoms with Crippen molar-refractivity contribution in [3.63, 3.8) is 0 Å². The Bertz CT molecular complexity index is 727. The smallest absolute Gasteiger partial charge is 0.329 e. The molecule has 0 radical (unpaired) electrons. The average molecular weight is 402 g/mol. The second-order valence-corrected chi connectivity index (χ2v) is 6.34. The molecule has 1 aromatic carbocycles. The van der Waals surface area contributed by atoms with Crippen molar-refractivity contribution in [1.82, 2.24) is 9.88 Å². The fourth-order valence-corrected chi connectivity index (χ4v) is 3.05. The number of aromatic amines is 1. The standard InChI is InChI=1S/C22H30N2O5/c1-4-27-20(28-5-2)16-24(21(25)18-13-10-14-23-18)19(22(26)29-6-3)15-17-11-8-7-9-12-17/h7-14,19-20,23H,4-6,15-16H2,1-3H3/t19-/m0/s1. The van der Waals surface area contributed by atoms with E-state index in [1.807, 2.05) is 44.2 Å². The summed E-state index contributed by atoms with van der Waals surface area (Å²) in [6.07, 6.45) is 1.36. The van der Waals surface area contributed by atoms with Gasteiger partial charge in [0.25, 0.3) is 5.91 Å². The first kappa shape index (κ1) is 22.6. The van der Waals surface area contributed by atoms with E-state index in [0.29, 0.717) is 25.3 Å². The summed E-state index contributed by atoms with van der Waals surface area (Å²) in [5.41, 5.74) is 1.32. The van der Waals surface area contributed by atoms with Crippen LogP contribution in [-0.2, 0) is 25.4 Å². The maximum Gasteiger partial charge on any atom is 0.329 e. The van der Waals surface area contributed by atoms with Crippen LogP contribution in [0.25, 0.3) is 0 Å². The molecule has 0 aliphatic carbocycles. The molecule has 2 rings (SSSR count). The average Bonchev–Trinajstić information content (AvgIpc) is 3.26. The summed E-state index contributed by atoms with van der Waals surface area (Å²) in [5.74, 6) is -0.767. The maximum absolute atomic E-state index is 13.3. The fraction of sp³-hybridized carbons (Fsp3) is 0.455. The van der Waals surface area contributed by atoms with Crippen LogP contribution in [0.3, 0.4) is 0 Å². The van der Waals surface area contributed by atoms with Crippen LogP contribution in [0.1, 0.15) is 36.8 Å². The van der Waals surface area contributed by atoms with Gasteiger partial charge in [0, 0.05) is 25.8 Å². The van der Waals surface area contributed by atoms with Gasteiger partial charge in [-0.05, 0) is 38.5 Å². The number of amides is 1. The van der Waals surface area contributed by atoms with Crippen LogP contribution in [0.5, 0.6) is 0 Å². The first-order valence-electron chi connectivity index (χ1n) is 9.98. The molecule has 0 unspecified atom stereocenters. The summed E-state index contributed by atoms with van der Waals surface area (Å²) < 4.78 is 16.6. The van der Waals surface area contributed by atoms with Crippen molar-refractivity contribution in [3.05, 3.63) is 59.9 Å². The highest BCUT2D eigenvalue weighted by Gasteiger charge is 2.34. The molecule has 1 N–H and O–H groups in total. The quantitative estimate of drug-likeness (QED) is 0.436. The summed E-state index contributed by atoms with van der Waals surface area (Å²) in [5, 5.41) is 0. The Morgan fingerprint density at radius 1 is 0.966 bits per heavy atom.